The van der Waals surface area contributed by atoms with Gasteiger partial charge in [0.25, 0.3) is 0 Å². The van der Waals surface area contributed by atoms with Gasteiger partial charge in [0.05, 0.1) is 11.0 Å². The lowest BCUT2D eigenvalue weighted by molar-refractivity contribution is -0.385. The largest absolute Gasteiger partial charge is 0.378 e. The number of fused-ring (bicyclic) bond motifs is 1. The number of nitrogens with zero attached hydrogens (tertiary/aromatic N) is 4. The first-order chi connectivity index (χ1) is 11.1. The average Bonchev–Trinajstić information content (AvgIpc) is 2.55. The fourth-order valence-corrected chi connectivity index (χ4v) is 2.92. The fourth-order valence-electron chi connectivity index (χ4n) is 2.92. The molecule has 1 aliphatic heterocycles. The van der Waals surface area contributed by atoms with Crippen LogP contribution in [0.1, 0.15) is 19.8 Å². The molecule has 3 heterocycles. The average molecular weight is 318 g/mol. The highest BCUT2D eigenvalue weighted by Crippen LogP contribution is 2.26. The van der Waals surface area contributed by atoms with Gasteiger partial charge in [-0.1, -0.05) is 6.07 Å². The molecule has 8 heteroatoms. The Kier molecular flexibility index (Phi) is 4.24. The summed E-state index contributed by atoms with van der Waals surface area (Å²) in [5, 5.41) is 11.4. The molecule has 2 aromatic heterocycles. The van der Waals surface area contributed by atoms with Gasteiger partial charge in [0.15, 0.2) is 0 Å². The van der Waals surface area contributed by atoms with Crippen molar-refractivity contribution in [3.63, 3.8) is 0 Å². The highest BCUT2D eigenvalue weighted by Gasteiger charge is 2.30. The van der Waals surface area contributed by atoms with Gasteiger partial charge in [-0.25, -0.2) is 4.98 Å². The summed E-state index contributed by atoms with van der Waals surface area (Å²) in [6, 6.07) is 5.06. The molecule has 0 saturated carbocycles. The van der Waals surface area contributed by atoms with Crippen LogP contribution in [0.15, 0.2) is 29.2 Å². The molecule has 8 nitrogen and oxygen atoms in total. The lowest BCUT2D eigenvalue weighted by atomic mass is 10.1. The highest BCUT2D eigenvalue weighted by molar-refractivity contribution is 5.61. The first-order valence-electron chi connectivity index (χ1n) is 7.64. The molecule has 0 unspecified atom stereocenters. The van der Waals surface area contributed by atoms with Crippen molar-refractivity contribution in [1.82, 2.24) is 9.38 Å². The van der Waals surface area contributed by atoms with Gasteiger partial charge in [-0.05, 0) is 31.9 Å². The third kappa shape index (κ3) is 2.89. The second-order valence-electron chi connectivity index (χ2n) is 5.42. The van der Waals surface area contributed by atoms with Crippen LogP contribution in [0.5, 0.6) is 0 Å². The van der Waals surface area contributed by atoms with Crippen molar-refractivity contribution < 1.29 is 9.66 Å². The third-order valence-corrected chi connectivity index (χ3v) is 4.02. The Morgan fingerprint density at radius 3 is 2.78 bits per heavy atom. The van der Waals surface area contributed by atoms with E-state index in [1.165, 1.54) is 10.6 Å². The van der Waals surface area contributed by atoms with Gasteiger partial charge in [0.2, 0.25) is 5.82 Å². The molecule has 2 aromatic rings. The number of hydrogen-bond acceptors (Lipinski definition) is 6. The number of piperidine rings is 1. The number of nitro groups is 1. The summed E-state index contributed by atoms with van der Waals surface area (Å²) in [5.74, 6) is 0.154. The molecule has 3 rings (SSSR count). The number of aromatic nitrogens is 2. The molecule has 1 saturated heterocycles. The van der Waals surface area contributed by atoms with Gasteiger partial charge < -0.3 is 9.64 Å². The maximum absolute atomic E-state index is 12.4. The molecule has 0 aromatic carbocycles. The molecule has 122 valence electrons. The molecular formula is C15H18N4O4. The van der Waals surface area contributed by atoms with Crippen LogP contribution < -0.4 is 10.5 Å². The summed E-state index contributed by atoms with van der Waals surface area (Å²) in [4.78, 5) is 29.4. The number of pyridine rings is 1. The minimum Gasteiger partial charge on any atom is -0.378 e. The van der Waals surface area contributed by atoms with Gasteiger partial charge in [0.1, 0.15) is 5.65 Å². The summed E-state index contributed by atoms with van der Waals surface area (Å²) in [7, 11) is 0. The van der Waals surface area contributed by atoms with Crippen molar-refractivity contribution in [1.29, 1.82) is 0 Å². The van der Waals surface area contributed by atoms with E-state index in [0.717, 1.165) is 12.8 Å². The first-order valence-corrected chi connectivity index (χ1v) is 7.64. The molecule has 0 atom stereocenters. The zero-order valence-electron chi connectivity index (χ0n) is 12.8. The van der Waals surface area contributed by atoms with Crippen LogP contribution >= 0.6 is 0 Å². The van der Waals surface area contributed by atoms with Crippen LogP contribution in [0.4, 0.5) is 11.5 Å². The molecular weight excluding hydrogens is 300 g/mol. The number of rotatable bonds is 4. The summed E-state index contributed by atoms with van der Waals surface area (Å²) < 4.78 is 6.79. The van der Waals surface area contributed by atoms with Crippen LogP contribution in [0, 0.1) is 10.1 Å². The van der Waals surface area contributed by atoms with Crippen molar-refractivity contribution >= 4 is 17.2 Å². The van der Waals surface area contributed by atoms with Crippen LogP contribution in [0.3, 0.4) is 0 Å². The minimum absolute atomic E-state index is 0.154. The van der Waals surface area contributed by atoms with Gasteiger partial charge in [0, 0.05) is 25.9 Å². The Morgan fingerprint density at radius 1 is 1.39 bits per heavy atom. The lowest BCUT2D eigenvalue weighted by Gasteiger charge is -2.32. The van der Waals surface area contributed by atoms with Crippen molar-refractivity contribution in [3.05, 3.63) is 44.9 Å². The zero-order valence-corrected chi connectivity index (χ0v) is 12.8. The predicted molar refractivity (Wildman–Crippen MR) is 85.0 cm³/mol. The van der Waals surface area contributed by atoms with Crippen molar-refractivity contribution in [2.75, 3.05) is 24.6 Å². The van der Waals surface area contributed by atoms with Crippen molar-refractivity contribution in [2.24, 2.45) is 0 Å². The summed E-state index contributed by atoms with van der Waals surface area (Å²) >= 11 is 0. The molecule has 1 fully saturated rings. The second-order valence-corrected chi connectivity index (χ2v) is 5.42. The quantitative estimate of drug-likeness (QED) is 0.628. The molecule has 0 bridgehead atoms. The highest BCUT2D eigenvalue weighted by atomic mass is 16.6. The predicted octanol–water partition coefficient (Wildman–Crippen LogP) is 1.61. The first kappa shape index (κ1) is 15.4. The summed E-state index contributed by atoms with van der Waals surface area (Å²) in [6.07, 6.45) is 3.18. The molecule has 0 radical (unpaired) electrons. The normalized spacial score (nSPS) is 16.0. The van der Waals surface area contributed by atoms with E-state index >= 15 is 0 Å². The Hall–Kier alpha value is -2.48. The smallest absolute Gasteiger partial charge is 0.376 e. The second kappa shape index (κ2) is 6.33. The maximum Gasteiger partial charge on any atom is 0.376 e. The number of anilines is 1. The van der Waals surface area contributed by atoms with Crippen LogP contribution in [-0.4, -0.2) is 40.1 Å². The molecule has 1 aliphatic rings. The Morgan fingerprint density at radius 2 is 2.13 bits per heavy atom. The Balaban J connectivity index is 2.02. The standard InChI is InChI=1S/C15H18N4O4/c1-2-23-11-6-9-17(10-7-11)14-13(19(21)22)15(20)18-8-4-3-5-12(18)16-14/h3-5,8,11H,2,6-7,9-10H2,1H3. The van der Waals surface area contributed by atoms with Crippen LogP contribution in [0.25, 0.3) is 5.65 Å². The monoisotopic (exact) mass is 318 g/mol. The van der Waals surface area contributed by atoms with E-state index in [0.29, 0.717) is 25.3 Å². The molecule has 0 aliphatic carbocycles. The van der Waals surface area contributed by atoms with Crippen molar-refractivity contribution in [2.45, 2.75) is 25.9 Å². The molecule has 0 amide bonds. The van der Waals surface area contributed by atoms with Gasteiger partial charge in [-0.2, -0.15) is 0 Å². The summed E-state index contributed by atoms with van der Waals surface area (Å²) in [6.45, 7) is 3.77. The molecule has 23 heavy (non-hydrogen) atoms. The van der Waals surface area contributed by atoms with Gasteiger partial charge in [-0.3, -0.25) is 19.3 Å². The van der Waals surface area contributed by atoms with Crippen LogP contribution in [0.2, 0.25) is 0 Å². The van der Waals surface area contributed by atoms with E-state index in [2.05, 4.69) is 4.98 Å². The van der Waals surface area contributed by atoms with E-state index in [1.54, 1.807) is 18.2 Å². The number of ether oxygens (including phenoxy) is 1. The maximum atomic E-state index is 12.4. The van der Waals surface area contributed by atoms with E-state index in [9.17, 15) is 14.9 Å². The van der Waals surface area contributed by atoms with Gasteiger partial charge >= 0.3 is 11.2 Å². The zero-order chi connectivity index (χ0) is 16.4. The lowest BCUT2D eigenvalue weighted by Crippen LogP contribution is -2.39. The van der Waals surface area contributed by atoms with Crippen molar-refractivity contribution in [3.8, 4) is 0 Å². The molecule has 0 spiro atoms. The third-order valence-electron chi connectivity index (χ3n) is 4.02. The van der Waals surface area contributed by atoms with E-state index < -0.39 is 16.2 Å². The number of hydrogen-bond donors (Lipinski definition) is 0. The Bertz CT molecular complexity index is 781. The minimum atomic E-state index is -0.650. The van der Waals surface area contributed by atoms with Crippen LogP contribution in [-0.2, 0) is 4.74 Å². The topological polar surface area (TPSA) is 90.0 Å². The van der Waals surface area contributed by atoms with E-state index in [-0.39, 0.29) is 11.9 Å². The van der Waals surface area contributed by atoms with E-state index in [4.69, 9.17) is 4.74 Å². The van der Waals surface area contributed by atoms with Gasteiger partial charge in [-0.15, -0.1) is 0 Å². The summed E-state index contributed by atoms with van der Waals surface area (Å²) in [5.41, 5.74) is -0.712. The van der Waals surface area contributed by atoms with E-state index in [1.807, 2.05) is 11.8 Å². The Labute approximate surface area is 132 Å². The fraction of sp³-hybridized carbons (Fsp3) is 0.467. The molecule has 0 N–H and O–H groups in total. The SMILES string of the molecule is CCOC1CCN(c2nc3ccccn3c(=O)c2[N+](=O)[O-])CC1.